The predicted molar refractivity (Wildman–Crippen MR) is 103 cm³/mol. The lowest BCUT2D eigenvalue weighted by Gasteiger charge is -2.28. The first-order chi connectivity index (χ1) is 13.7. The van der Waals surface area contributed by atoms with E-state index in [1.54, 1.807) is 18.5 Å². The van der Waals surface area contributed by atoms with Gasteiger partial charge in [-0.3, -0.25) is 9.69 Å². The maximum atomic E-state index is 12.6. The number of aromatic amines is 1. The number of H-pyrrole nitrogens is 1. The standard InChI is InChI=1S/C20H21N5O3/c1-2-28-17-5-3-4-13(18(17)26)10-25-7-6-16-15(11-25)20(27)24-19(23-16)14-8-21-12-22-9-14/h3-5,8-9,12,26H,2,6-7,10-11H2,1H3,(H,23,24,27). The van der Waals surface area contributed by atoms with Crippen LogP contribution in [0.2, 0.25) is 0 Å². The summed E-state index contributed by atoms with van der Waals surface area (Å²) in [6.45, 7) is 4.11. The molecule has 1 aliphatic heterocycles. The van der Waals surface area contributed by atoms with Crippen LogP contribution in [0.15, 0.2) is 41.7 Å². The van der Waals surface area contributed by atoms with Crippen molar-refractivity contribution in [3.8, 4) is 22.9 Å². The first-order valence-electron chi connectivity index (χ1n) is 9.19. The van der Waals surface area contributed by atoms with Gasteiger partial charge in [-0.25, -0.2) is 15.0 Å². The number of phenols is 1. The second-order valence-corrected chi connectivity index (χ2v) is 6.62. The highest BCUT2D eigenvalue weighted by molar-refractivity contribution is 5.52. The summed E-state index contributed by atoms with van der Waals surface area (Å²) in [5.74, 6) is 1.12. The lowest BCUT2D eigenvalue weighted by Crippen LogP contribution is -2.35. The summed E-state index contributed by atoms with van der Waals surface area (Å²) in [5.41, 5.74) is 2.76. The van der Waals surface area contributed by atoms with E-state index in [9.17, 15) is 9.90 Å². The van der Waals surface area contributed by atoms with Crippen molar-refractivity contribution in [3.05, 3.63) is 64.1 Å². The van der Waals surface area contributed by atoms with Gasteiger partial charge in [0.2, 0.25) is 0 Å². The molecule has 28 heavy (non-hydrogen) atoms. The zero-order valence-corrected chi connectivity index (χ0v) is 15.6. The minimum absolute atomic E-state index is 0.152. The maximum absolute atomic E-state index is 12.6. The van der Waals surface area contributed by atoms with Crippen molar-refractivity contribution >= 4 is 0 Å². The van der Waals surface area contributed by atoms with Gasteiger partial charge in [0, 0.05) is 44.0 Å². The Morgan fingerprint density at radius 2 is 2.11 bits per heavy atom. The Bertz CT molecular complexity index is 1040. The number of para-hydroxylation sites is 1. The Balaban J connectivity index is 1.56. The average Bonchev–Trinajstić information content (AvgIpc) is 2.72. The summed E-state index contributed by atoms with van der Waals surface area (Å²) in [6.07, 6.45) is 5.35. The summed E-state index contributed by atoms with van der Waals surface area (Å²) >= 11 is 0. The summed E-state index contributed by atoms with van der Waals surface area (Å²) in [5, 5.41) is 10.4. The highest BCUT2D eigenvalue weighted by Gasteiger charge is 2.23. The molecule has 1 aliphatic rings. The third kappa shape index (κ3) is 3.59. The molecule has 3 heterocycles. The van der Waals surface area contributed by atoms with E-state index in [1.807, 2.05) is 19.1 Å². The molecule has 1 aromatic carbocycles. The van der Waals surface area contributed by atoms with Crippen LogP contribution in [0, 0.1) is 0 Å². The number of phenolic OH excluding ortho intramolecular Hbond substituents is 1. The van der Waals surface area contributed by atoms with E-state index < -0.39 is 0 Å². The number of benzene rings is 1. The number of aromatic nitrogens is 4. The molecule has 4 rings (SSSR count). The Labute approximate surface area is 161 Å². The zero-order valence-electron chi connectivity index (χ0n) is 15.6. The number of ether oxygens (including phenoxy) is 1. The number of hydrogen-bond acceptors (Lipinski definition) is 7. The molecule has 2 aromatic heterocycles. The molecule has 0 radical (unpaired) electrons. The summed E-state index contributed by atoms with van der Waals surface area (Å²) in [7, 11) is 0. The van der Waals surface area contributed by atoms with E-state index in [1.165, 1.54) is 6.33 Å². The van der Waals surface area contributed by atoms with Crippen molar-refractivity contribution in [2.24, 2.45) is 0 Å². The Hall–Kier alpha value is -3.26. The van der Waals surface area contributed by atoms with Crippen LogP contribution in [0.4, 0.5) is 0 Å². The van der Waals surface area contributed by atoms with Gasteiger partial charge in [-0.15, -0.1) is 0 Å². The van der Waals surface area contributed by atoms with Crippen LogP contribution in [-0.4, -0.2) is 43.1 Å². The molecule has 0 atom stereocenters. The highest BCUT2D eigenvalue weighted by Crippen LogP contribution is 2.31. The molecule has 0 fully saturated rings. The molecule has 8 heteroatoms. The summed E-state index contributed by atoms with van der Waals surface area (Å²) in [6, 6.07) is 5.48. The SMILES string of the molecule is CCOc1cccc(CN2CCc3nc(-c4cncnc4)[nH]c(=O)c3C2)c1O. The molecular formula is C20H21N5O3. The second-order valence-electron chi connectivity index (χ2n) is 6.62. The molecule has 8 nitrogen and oxygen atoms in total. The number of rotatable bonds is 5. The smallest absolute Gasteiger partial charge is 0.255 e. The third-order valence-electron chi connectivity index (χ3n) is 4.76. The third-order valence-corrected chi connectivity index (χ3v) is 4.76. The van der Waals surface area contributed by atoms with Crippen molar-refractivity contribution in [2.75, 3.05) is 13.2 Å². The molecule has 0 unspecified atom stereocenters. The van der Waals surface area contributed by atoms with Crippen molar-refractivity contribution < 1.29 is 9.84 Å². The second kappa shape index (κ2) is 7.77. The number of fused-ring (bicyclic) bond motifs is 1. The molecule has 0 bridgehead atoms. The van der Waals surface area contributed by atoms with Gasteiger partial charge < -0.3 is 14.8 Å². The Kier molecular flexibility index (Phi) is 5.03. The summed E-state index contributed by atoms with van der Waals surface area (Å²) < 4.78 is 5.45. The number of aromatic hydroxyl groups is 1. The van der Waals surface area contributed by atoms with E-state index in [-0.39, 0.29) is 11.3 Å². The quantitative estimate of drug-likeness (QED) is 0.697. The van der Waals surface area contributed by atoms with E-state index in [0.29, 0.717) is 48.8 Å². The lowest BCUT2D eigenvalue weighted by molar-refractivity contribution is 0.237. The van der Waals surface area contributed by atoms with Crippen LogP contribution in [0.3, 0.4) is 0 Å². The van der Waals surface area contributed by atoms with E-state index in [0.717, 1.165) is 17.8 Å². The summed E-state index contributed by atoms with van der Waals surface area (Å²) in [4.78, 5) is 30.1. The van der Waals surface area contributed by atoms with E-state index in [2.05, 4.69) is 24.8 Å². The number of nitrogens with zero attached hydrogens (tertiary/aromatic N) is 4. The van der Waals surface area contributed by atoms with Crippen LogP contribution >= 0.6 is 0 Å². The monoisotopic (exact) mass is 379 g/mol. The largest absolute Gasteiger partial charge is 0.504 e. The van der Waals surface area contributed by atoms with Crippen LogP contribution in [0.25, 0.3) is 11.4 Å². The van der Waals surface area contributed by atoms with Crippen LogP contribution in [-0.2, 0) is 19.5 Å². The topological polar surface area (TPSA) is 104 Å². The lowest BCUT2D eigenvalue weighted by atomic mass is 10.1. The zero-order chi connectivity index (χ0) is 19.5. The fraction of sp³-hybridized carbons (Fsp3) is 0.300. The van der Waals surface area contributed by atoms with Crippen molar-refractivity contribution in [2.45, 2.75) is 26.4 Å². The number of nitrogens with one attached hydrogen (secondary N) is 1. The minimum atomic E-state index is -0.152. The molecule has 2 N–H and O–H groups in total. The predicted octanol–water partition coefficient (Wildman–Crippen LogP) is 1.89. The normalized spacial score (nSPS) is 13.9. The van der Waals surface area contributed by atoms with Gasteiger partial charge in [0.15, 0.2) is 11.5 Å². The molecule has 0 saturated heterocycles. The Morgan fingerprint density at radius 3 is 2.89 bits per heavy atom. The first kappa shape index (κ1) is 18.1. The van der Waals surface area contributed by atoms with Crippen LogP contribution in [0.5, 0.6) is 11.5 Å². The molecule has 0 aliphatic carbocycles. The average molecular weight is 379 g/mol. The van der Waals surface area contributed by atoms with Gasteiger partial charge in [0.05, 0.1) is 23.4 Å². The van der Waals surface area contributed by atoms with E-state index >= 15 is 0 Å². The fourth-order valence-electron chi connectivity index (χ4n) is 3.38. The van der Waals surface area contributed by atoms with Gasteiger partial charge in [0.1, 0.15) is 12.2 Å². The molecule has 144 valence electrons. The van der Waals surface area contributed by atoms with E-state index in [4.69, 9.17) is 4.74 Å². The molecule has 0 saturated carbocycles. The van der Waals surface area contributed by atoms with Crippen LogP contribution < -0.4 is 10.3 Å². The van der Waals surface area contributed by atoms with Gasteiger partial charge in [-0.1, -0.05) is 12.1 Å². The maximum Gasteiger partial charge on any atom is 0.255 e. The minimum Gasteiger partial charge on any atom is -0.504 e. The van der Waals surface area contributed by atoms with Gasteiger partial charge >= 0.3 is 0 Å². The molecule has 0 amide bonds. The number of hydrogen-bond donors (Lipinski definition) is 2. The Morgan fingerprint density at radius 1 is 1.29 bits per heavy atom. The van der Waals surface area contributed by atoms with Gasteiger partial charge in [-0.05, 0) is 13.0 Å². The van der Waals surface area contributed by atoms with Gasteiger partial charge in [-0.2, -0.15) is 0 Å². The molecule has 3 aromatic rings. The fourth-order valence-corrected chi connectivity index (χ4v) is 3.38. The first-order valence-corrected chi connectivity index (χ1v) is 9.19. The van der Waals surface area contributed by atoms with Crippen molar-refractivity contribution in [1.29, 1.82) is 0 Å². The molecular weight excluding hydrogens is 358 g/mol. The van der Waals surface area contributed by atoms with Crippen molar-refractivity contribution in [1.82, 2.24) is 24.8 Å². The molecule has 0 spiro atoms. The van der Waals surface area contributed by atoms with Crippen molar-refractivity contribution in [3.63, 3.8) is 0 Å². The van der Waals surface area contributed by atoms with Gasteiger partial charge in [0.25, 0.3) is 5.56 Å². The van der Waals surface area contributed by atoms with Crippen LogP contribution in [0.1, 0.15) is 23.7 Å². The highest BCUT2D eigenvalue weighted by atomic mass is 16.5.